The molecule has 0 radical (unpaired) electrons. The van der Waals surface area contributed by atoms with E-state index in [-0.39, 0.29) is 127 Å². The van der Waals surface area contributed by atoms with E-state index in [4.69, 9.17) is 88.5 Å². The van der Waals surface area contributed by atoms with Crippen LogP contribution in [0.5, 0.6) is 0 Å². The van der Waals surface area contributed by atoms with E-state index in [1.165, 1.54) is 48.1 Å². The lowest BCUT2D eigenvalue weighted by Gasteiger charge is -2.48. The van der Waals surface area contributed by atoms with E-state index in [9.17, 15) is 54.6 Å². The summed E-state index contributed by atoms with van der Waals surface area (Å²) in [4.78, 5) is 114. The summed E-state index contributed by atoms with van der Waals surface area (Å²) in [6.45, 7) is 9.70. The fraction of sp³-hybridized carbons (Fsp3) is 0.862. The van der Waals surface area contributed by atoms with Gasteiger partial charge in [0.1, 0.15) is 73.1 Å². The maximum absolute atomic E-state index is 15.5. The molecule has 0 aromatic heterocycles. The third-order valence-electron chi connectivity index (χ3n) is 19.3. The van der Waals surface area contributed by atoms with E-state index in [1.807, 2.05) is 27.7 Å². The number of esters is 1. The number of nitrogens with two attached hydrogens (primary N) is 8. The van der Waals surface area contributed by atoms with Crippen LogP contribution in [-0.2, 0) is 76.2 Å². The molecular formula is C65H115N15O22S2. The number of likely N-dealkylation sites (tertiary alicyclic amines) is 4. The monoisotopic (exact) mass is 1520 g/mol. The van der Waals surface area contributed by atoms with Gasteiger partial charge in [0.25, 0.3) is 0 Å². The van der Waals surface area contributed by atoms with Gasteiger partial charge in [-0.05, 0) is 50.9 Å². The third kappa shape index (κ3) is 24.0. The zero-order valence-corrected chi connectivity index (χ0v) is 61.8. The molecule has 0 bridgehead atoms. The molecule has 6 heterocycles. The summed E-state index contributed by atoms with van der Waals surface area (Å²) >= 11 is 0. The highest BCUT2D eigenvalue weighted by Crippen LogP contribution is 2.36. The number of ether oxygens (including phenoxy) is 9. The van der Waals surface area contributed by atoms with E-state index >= 15 is 9.59 Å². The molecular weight excluding hydrogens is 1410 g/mol. The van der Waals surface area contributed by atoms with Crippen molar-refractivity contribution in [2.75, 3.05) is 96.9 Å². The topological polar surface area (TPSA) is 582 Å². The number of carbonyl (C=O) groups excluding carboxylic acids is 7. The first kappa shape index (κ1) is 86.2. The Balaban J connectivity index is 0.919. The molecule has 37 nitrogen and oxygen atoms in total. The van der Waals surface area contributed by atoms with Gasteiger partial charge in [0.15, 0.2) is 36.4 Å². The van der Waals surface area contributed by atoms with Gasteiger partial charge in [-0.1, -0.05) is 49.3 Å². The summed E-state index contributed by atoms with van der Waals surface area (Å²) in [5, 5.41) is 67.4. The van der Waals surface area contributed by atoms with Gasteiger partial charge in [-0.15, -0.1) is 0 Å². The number of carbonyl (C=O) groups is 7. The summed E-state index contributed by atoms with van der Waals surface area (Å²) in [5.41, 5.74) is 46.7. The molecule has 5 amide bonds. The minimum atomic E-state index is -1.81. The highest BCUT2D eigenvalue weighted by atomic mass is 33.1. The second-order valence-corrected chi connectivity index (χ2v) is 31.2. The minimum absolute atomic E-state index is 0.0179. The lowest BCUT2D eigenvalue weighted by atomic mass is 9.84. The van der Waals surface area contributed by atoms with E-state index < -0.39 is 189 Å². The molecule has 39 heteroatoms. The predicted octanol–water partition coefficient (Wildman–Crippen LogP) is -6.51. The van der Waals surface area contributed by atoms with Crippen molar-refractivity contribution in [1.29, 1.82) is 0 Å². The normalized spacial score (nSPS) is 33.7. The zero-order chi connectivity index (χ0) is 76.2. The first-order valence-corrected chi connectivity index (χ1v) is 38.5. The average molecular weight is 1520 g/mol. The number of amides is 5. The van der Waals surface area contributed by atoms with E-state index in [0.29, 0.717) is 56.8 Å². The SMILES string of the molecule is CC(=O)[C@@H]1C[C@@H](OCC(C)C)CN1C(=O)[C@@H]1C[C@@H](OCCCN=C(N)N)CN1C(=O)[C@@H]1C[C@@H](OCCCN=C(N)N)CN1C(=O)[C@@H]1C[C@@H](OCC(C)C)CN1C(=O)CNC(=O)CCCSSCCCC(=O)OC1C(O)[C@@H](OC2C(N)C[C@@H](N)[C@H](OC3OC(CO)[C@@H](O)[C@H](N)[C@@H]3O)C2O)O[C@@H](CN)C1O. The van der Waals surface area contributed by atoms with E-state index in [2.05, 4.69) is 15.3 Å². The van der Waals surface area contributed by atoms with Crippen molar-refractivity contribution in [3.63, 3.8) is 0 Å². The van der Waals surface area contributed by atoms with Crippen molar-refractivity contribution in [1.82, 2.24) is 24.9 Å². The number of Topliss-reactive ketones (excluding diaryl/α,β-unsaturated/α-hetero) is 1. The van der Waals surface area contributed by atoms with Gasteiger partial charge < -0.3 is 144 Å². The Kier molecular flexibility index (Phi) is 34.5. The third-order valence-corrected chi connectivity index (χ3v) is 21.8. The molecule has 23 N–H and O–H groups in total. The lowest BCUT2D eigenvalue weighted by molar-refractivity contribution is -0.332. The first-order chi connectivity index (χ1) is 49.4. The molecule has 0 aromatic rings. The van der Waals surface area contributed by atoms with Crippen LogP contribution in [0, 0.1) is 11.8 Å². The van der Waals surface area contributed by atoms with Crippen LogP contribution in [0.1, 0.15) is 105 Å². The number of aliphatic hydroxyl groups is 6. The van der Waals surface area contributed by atoms with Crippen molar-refractivity contribution in [2.24, 2.45) is 67.7 Å². The van der Waals surface area contributed by atoms with Crippen LogP contribution in [-0.4, -0.2) is 341 Å². The number of aliphatic hydroxyl groups excluding tert-OH is 6. The number of aliphatic imine (C=N–C) groups is 2. The van der Waals surface area contributed by atoms with Crippen molar-refractivity contribution < 1.29 is 107 Å². The number of guanidine groups is 2. The maximum Gasteiger partial charge on any atom is 0.306 e. The number of nitrogens with zero attached hydrogens (tertiary/aromatic N) is 6. The van der Waals surface area contributed by atoms with Crippen LogP contribution in [0.3, 0.4) is 0 Å². The van der Waals surface area contributed by atoms with Gasteiger partial charge in [0.05, 0.1) is 49.7 Å². The standard InChI is InChI=1S/C65H115N15O22S2/c1-32(2)30-96-37-18-41(34(5)82)78(28-37)60(92)43-19-35(94-14-8-12-74-64(70)71)27-80(43)61(93)44-20-36(95-15-9-13-75-65(72)73)26-79(44)59(91)42-21-38(97-31-33(3)4)25-77(42)48(84)24-76-47(83)10-6-16-103-104-17-7-11-49(85)100-58-52(87)45(23-66)98-63(55(58)90)102-57-40(68)22-39(67)56(54(57)89)101-62-53(88)50(69)51(86)46(29-81)99-62/h32-33,35-46,50-58,62-63,81,86-90H,6-31,66-69H2,1-5H3,(H,76,83)(H4,70,71,74)(H4,72,73,75)/t35-,36-,37-,38-,39-,40?,41+,42+,43+,44+,45+,46?,50+,51-,52?,53+,54?,55?,56+,57?,58?,62?,63-/m1/s1. The van der Waals surface area contributed by atoms with Crippen LogP contribution in [0.2, 0.25) is 0 Å². The lowest BCUT2D eigenvalue weighted by Crippen LogP contribution is -2.68. The summed E-state index contributed by atoms with van der Waals surface area (Å²) < 4.78 is 53.7. The molecule has 1 aliphatic carbocycles. The highest BCUT2D eigenvalue weighted by Gasteiger charge is 2.55. The molecule has 104 heavy (non-hydrogen) atoms. The molecule has 6 saturated heterocycles. The first-order valence-electron chi connectivity index (χ1n) is 36.0. The summed E-state index contributed by atoms with van der Waals surface area (Å²) in [7, 11) is 2.88. The molecule has 6 aliphatic heterocycles. The molecule has 23 atom stereocenters. The molecule has 7 fully saturated rings. The molecule has 7 aliphatic rings. The fourth-order valence-electron chi connectivity index (χ4n) is 13.8. The van der Waals surface area contributed by atoms with Crippen LogP contribution in [0.25, 0.3) is 0 Å². The van der Waals surface area contributed by atoms with Gasteiger partial charge in [-0.3, -0.25) is 43.5 Å². The fourth-order valence-corrected chi connectivity index (χ4v) is 16.0. The van der Waals surface area contributed by atoms with Crippen molar-refractivity contribution in [3.8, 4) is 0 Å². The van der Waals surface area contributed by atoms with Gasteiger partial charge >= 0.3 is 5.97 Å². The molecule has 594 valence electrons. The maximum atomic E-state index is 15.5. The number of hydrogen-bond acceptors (Lipinski definition) is 30. The van der Waals surface area contributed by atoms with Crippen molar-refractivity contribution in [3.05, 3.63) is 0 Å². The Morgan fingerprint density at radius 3 is 1.46 bits per heavy atom. The summed E-state index contributed by atoms with van der Waals surface area (Å²) in [5.74, 6) is -2.40. The second kappa shape index (κ2) is 41.5. The van der Waals surface area contributed by atoms with Crippen LogP contribution >= 0.6 is 21.6 Å². The Labute approximate surface area is 614 Å². The molecule has 7 rings (SSSR count). The second-order valence-electron chi connectivity index (χ2n) is 28.5. The van der Waals surface area contributed by atoms with Gasteiger partial charge in [-0.2, -0.15) is 0 Å². The van der Waals surface area contributed by atoms with Gasteiger partial charge in [-0.25, -0.2) is 0 Å². The van der Waals surface area contributed by atoms with E-state index in [1.54, 1.807) is 0 Å². The Bertz CT molecular complexity index is 2840. The van der Waals surface area contributed by atoms with Crippen molar-refractivity contribution in [2.45, 2.75) is 246 Å². The number of hydrogen-bond donors (Lipinski definition) is 15. The summed E-state index contributed by atoms with van der Waals surface area (Å²) in [6.07, 6.45) is -18.3. The molecule has 0 spiro atoms. The molecule has 1 saturated carbocycles. The van der Waals surface area contributed by atoms with Crippen LogP contribution in [0.15, 0.2) is 9.98 Å². The summed E-state index contributed by atoms with van der Waals surface area (Å²) in [6, 6.07) is -7.39. The Morgan fingerprint density at radius 1 is 0.548 bits per heavy atom. The zero-order valence-electron chi connectivity index (χ0n) is 60.2. The van der Waals surface area contributed by atoms with Gasteiger partial charge in [0.2, 0.25) is 29.5 Å². The smallest absolute Gasteiger partial charge is 0.306 e. The number of ketones is 1. The minimum Gasteiger partial charge on any atom is -0.456 e. The average Bonchev–Trinajstić information content (AvgIpc) is 1.48. The number of rotatable bonds is 38. The van der Waals surface area contributed by atoms with Crippen molar-refractivity contribution >= 4 is 74.8 Å². The Hall–Kier alpha value is -4.99. The number of nitrogens with one attached hydrogen (secondary N) is 1. The predicted molar refractivity (Wildman–Crippen MR) is 378 cm³/mol. The van der Waals surface area contributed by atoms with Gasteiger partial charge in [0, 0.05) is 134 Å². The Morgan fingerprint density at radius 2 is 0.990 bits per heavy atom. The quantitative estimate of drug-likeness (QED) is 0.00899. The van der Waals surface area contributed by atoms with Crippen LogP contribution in [0.4, 0.5) is 0 Å². The molecule has 8 unspecified atom stereocenters. The molecule has 0 aromatic carbocycles. The van der Waals surface area contributed by atoms with E-state index in [0.717, 1.165) is 0 Å². The largest absolute Gasteiger partial charge is 0.456 e. The highest BCUT2D eigenvalue weighted by molar-refractivity contribution is 8.76. The van der Waals surface area contributed by atoms with Crippen LogP contribution < -0.4 is 51.2 Å².